The summed E-state index contributed by atoms with van der Waals surface area (Å²) >= 11 is 0. The third-order valence-corrected chi connectivity index (χ3v) is 6.96. The molecular weight excluding hydrogens is 408 g/mol. The number of nitrogens with zero attached hydrogens (tertiary/aromatic N) is 4. The second-order valence-electron chi connectivity index (χ2n) is 8.96. The van der Waals surface area contributed by atoms with Gasteiger partial charge < -0.3 is 14.2 Å². The molecule has 0 N–H and O–H groups in total. The molecule has 166 valence electrons. The first-order valence-electron chi connectivity index (χ1n) is 10.9. The zero-order valence-corrected chi connectivity index (χ0v) is 18.3. The van der Waals surface area contributed by atoms with Crippen LogP contribution in [-0.4, -0.2) is 52.1 Å². The maximum absolute atomic E-state index is 13.1. The summed E-state index contributed by atoms with van der Waals surface area (Å²) in [7, 11) is 1.80. The molecule has 8 nitrogen and oxygen atoms in total. The highest BCUT2D eigenvalue weighted by molar-refractivity contribution is 5.95. The van der Waals surface area contributed by atoms with Gasteiger partial charge >= 0.3 is 0 Å². The van der Waals surface area contributed by atoms with Gasteiger partial charge in [-0.3, -0.25) is 9.59 Å². The number of carbonyl (C=O) groups excluding carboxylic acids is 2. The number of hydrogen-bond acceptors (Lipinski definition) is 6. The maximum Gasteiger partial charge on any atom is 0.253 e. The van der Waals surface area contributed by atoms with Gasteiger partial charge in [0.2, 0.25) is 5.91 Å². The van der Waals surface area contributed by atoms with Crippen molar-refractivity contribution in [3.05, 3.63) is 59.6 Å². The summed E-state index contributed by atoms with van der Waals surface area (Å²) in [6, 6.07) is 11.3. The lowest BCUT2D eigenvalue weighted by molar-refractivity contribution is -0.133. The fraction of sp³-hybridized carbons (Fsp3) is 0.417. The van der Waals surface area contributed by atoms with Crippen LogP contribution < -0.4 is 0 Å². The molecule has 8 heteroatoms. The SMILES string of the molecule is Cc1nonc1CN(C)C(=O)[C@@H]1CC12CCN(C(=O)c1cccc(-c3ccco3)c1)CC2. The molecule has 3 heterocycles. The zero-order valence-electron chi connectivity index (χ0n) is 18.3. The van der Waals surface area contributed by atoms with Crippen LogP contribution in [0, 0.1) is 18.3 Å². The van der Waals surface area contributed by atoms with E-state index in [-0.39, 0.29) is 23.1 Å². The molecule has 0 unspecified atom stereocenters. The molecule has 1 aliphatic carbocycles. The predicted molar refractivity (Wildman–Crippen MR) is 115 cm³/mol. The number of furan rings is 1. The van der Waals surface area contributed by atoms with Gasteiger partial charge in [0, 0.05) is 37.2 Å². The number of aryl methyl sites for hydroxylation is 1. The molecule has 1 aliphatic heterocycles. The van der Waals surface area contributed by atoms with Gasteiger partial charge in [-0.05, 0) is 55.9 Å². The van der Waals surface area contributed by atoms with E-state index < -0.39 is 0 Å². The second-order valence-corrected chi connectivity index (χ2v) is 8.96. The van der Waals surface area contributed by atoms with Crippen LogP contribution in [0.2, 0.25) is 0 Å². The molecule has 1 aromatic carbocycles. The lowest BCUT2D eigenvalue weighted by Gasteiger charge is -2.33. The van der Waals surface area contributed by atoms with Crippen LogP contribution in [0.3, 0.4) is 0 Å². The van der Waals surface area contributed by atoms with Crippen LogP contribution in [0.5, 0.6) is 0 Å². The quantitative estimate of drug-likeness (QED) is 0.610. The Labute approximate surface area is 186 Å². The Hall–Kier alpha value is -3.42. The van der Waals surface area contributed by atoms with E-state index in [1.165, 1.54) is 0 Å². The van der Waals surface area contributed by atoms with Crippen molar-refractivity contribution >= 4 is 11.8 Å². The minimum atomic E-state index is 0.0206. The van der Waals surface area contributed by atoms with Crippen LogP contribution in [0.1, 0.15) is 41.0 Å². The molecule has 32 heavy (non-hydrogen) atoms. The fourth-order valence-electron chi connectivity index (χ4n) is 4.80. The number of amides is 2. The molecule has 2 aromatic heterocycles. The van der Waals surface area contributed by atoms with Crippen molar-refractivity contribution in [2.45, 2.75) is 32.7 Å². The predicted octanol–water partition coefficient (Wildman–Crippen LogP) is 3.54. The van der Waals surface area contributed by atoms with E-state index in [0.717, 1.165) is 30.6 Å². The summed E-state index contributed by atoms with van der Waals surface area (Å²) in [5.74, 6) is 0.936. The molecule has 1 atom stereocenters. The van der Waals surface area contributed by atoms with Crippen molar-refractivity contribution in [3.63, 3.8) is 0 Å². The summed E-state index contributed by atoms with van der Waals surface area (Å²) < 4.78 is 10.2. The topological polar surface area (TPSA) is 92.7 Å². The monoisotopic (exact) mass is 434 g/mol. The summed E-state index contributed by atoms with van der Waals surface area (Å²) in [4.78, 5) is 29.7. The summed E-state index contributed by atoms with van der Waals surface area (Å²) in [5.41, 5.74) is 2.97. The fourth-order valence-corrected chi connectivity index (χ4v) is 4.80. The minimum Gasteiger partial charge on any atom is -0.464 e. The minimum absolute atomic E-state index is 0.0206. The van der Waals surface area contributed by atoms with E-state index in [1.54, 1.807) is 18.2 Å². The highest BCUT2D eigenvalue weighted by Gasteiger charge is 2.59. The van der Waals surface area contributed by atoms with E-state index in [4.69, 9.17) is 9.05 Å². The van der Waals surface area contributed by atoms with Crippen molar-refractivity contribution < 1.29 is 18.6 Å². The number of carbonyl (C=O) groups is 2. The van der Waals surface area contributed by atoms with E-state index in [1.807, 2.05) is 48.2 Å². The van der Waals surface area contributed by atoms with Crippen molar-refractivity contribution in [2.24, 2.45) is 11.3 Å². The molecule has 1 saturated heterocycles. The molecule has 3 aromatic rings. The molecule has 5 rings (SSSR count). The lowest BCUT2D eigenvalue weighted by atomic mass is 9.90. The van der Waals surface area contributed by atoms with Gasteiger partial charge in [0.15, 0.2) is 0 Å². The highest BCUT2D eigenvalue weighted by atomic mass is 16.6. The van der Waals surface area contributed by atoms with Gasteiger partial charge in [-0.15, -0.1) is 0 Å². The van der Waals surface area contributed by atoms with Crippen molar-refractivity contribution in [2.75, 3.05) is 20.1 Å². The number of benzene rings is 1. The number of hydrogen-bond donors (Lipinski definition) is 0. The van der Waals surface area contributed by atoms with Crippen molar-refractivity contribution in [1.29, 1.82) is 0 Å². The highest BCUT2D eigenvalue weighted by Crippen LogP contribution is 2.60. The Morgan fingerprint density at radius 1 is 1.19 bits per heavy atom. The second kappa shape index (κ2) is 7.93. The first-order valence-corrected chi connectivity index (χ1v) is 10.9. The van der Waals surface area contributed by atoms with E-state index in [9.17, 15) is 9.59 Å². The van der Waals surface area contributed by atoms with Gasteiger partial charge in [-0.25, -0.2) is 4.63 Å². The van der Waals surface area contributed by atoms with Crippen LogP contribution in [0.4, 0.5) is 0 Å². The van der Waals surface area contributed by atoms with Gasteiger partial charge in [0.05, 0.1) is 12.8 Å². The molecule has 0 bridgehead atoms. The van der Waals surface area contributed by atoms with Crippen LogP contribution in [0.25, 0.3) is 11.3 Å². The molecule has 2 amide bonds. The van der Waals surface area contributed by atoms with Gasteiger partial charge in [0.25, 0.3) is 5.91 Å². The van der Waals surface area contributed by atoms with Crippen molar-refractivity contribution in [1.82, 2.24) is 20.1 Å². The summed E-state index contributed by atoms with van der Waals surface area (Å²) in [6.45, 7) is 3.56. The third kappa shape index (κ3) is 3.70. The van der Waals surface area contributed by atoms with E-state index >= 15 is 0 Å². The van der Waals surface area contributed by atoms with E-state index in [2.05, 4.69) is 10.3 Å². The largest absolute Gasteiger partial charge is 0.464 e. The molecule has 1 saturated carbocycles. The normalized spacial score (nSPS) is 19.2. The first-order chi connectivity index (χ1) is 15.5. The Balaban J connectivity index is 1.19. The van der Waals surface area contributed by atoms with Crippen molar-refractivity contribution in [3.8, 4) is 11.3 Å². The molecule has 1 spiro atoms. The smallest absolute Gasteiger partial charge is 0.253 e. The average Bonchev–Trinajstić information content (AvgIpc) is 3.15. The van der Waals surface area contributed by atoms with Crippen LogP contribution in [-0.2, 0) is 11.3 Å². The standard InChI is InChI=1S/C24H26N4O4/c1-16-20(26-32-25-16)15-27(2)23(30)19-14-24(19)8-10-28(11-9-24)22(29)18-6-3-5-17(13-18)21-7-4-12-31-21/h3-7,12-13,19H,8-11,14-15H2,1-2H3/t19-/m0/s1. The van der Waals surface area contributed by atoms with Crippen LogP contribution in [0.15, 0.2) is 51.7 Å². The third-order valence-electron chi connectivity index (χ3n) is 6.96. The average molecular weight is 434 g/mol. The van der Waals surface area contributed by atoms with Crippen LogP contribution >= 0.6 is 0 Å². The number of aromatic nitrogens is 2. The summed E-state index contributed by atoms with van der Waals surface area (Å²) in [6.07, 6.45) is 4.22. The Morgan fingerprint density at radius 2 is 2.00 bits per heavy atom. The van der Waals surface area contributed by atoms with Gasteiger partial charge in [-0.2, -0.15) is 0 Å². The maximum atomic E-state index is 13.1. The molecular formula is C24H26N4O4. The number of piperidine rings is 1. The first kappa shape index (κ1) is 20.5. The molecule has 2 aliphatic rings. The Kier molecular flexibility index (Phi) is 5.07. The van der Waals surface area contributed by atoms with E-state index in [0.29, 0.717) is 36.6 Å². The Morgan fingerprint density at radius 3 is 2.69 bits per heavy atom. The summed E-state index contributed by atoms with van der Waals surface area (Å²) in [5, 5.41) is 7.65. The Bertz CT molecular complexity index is 1130. The molecule has 2 fully saturated rings. The van der Waals surface area contributed by atoms with Gasteiger partial charge in [-0.1, -0.05) is 22.4 Å². The number of rotatable bonds is 5. The zero-order chi connectivity index (χ0) is 22.3. The van der Waals surface area contributed by atoms with Gasteiger partial charge in [0.1, 0.15) is 17.1 Å². The lowest BCUT2D eigenvalue weighted by Crippen LogP contribution is -2.40. The molecule has 0 radical (unpaired) electrons. The number of likely N-dealkylation sites (tertiary alicyclic amines) is 1.